The Morgan fingerprint density at radius 1 is 1.31 bits per heavy atom. The van der Waals surface area contributed by atoms with Crippen molar-refractivity contribution in [1.82, 2.24) is 10.2 Å². The van der Waals surface area contributed by atoms with Crippen LogP contribution in [0, 0.1) is 5.82 Å². The van der Waals surface area contributed by atoms with Gasteiger partial charge < -0.3 is 0 Å². The molecule has 1 aromatic heterocycles. The number of ketones is 1. The van der Waals surface area contributed by atoms with Gasteiger partial charge in [-0.05, 0) is 68.4 Å². The van der Waals surface area contributed by atoms with Gasteiger partial charge in [-0.1, -0.05) is 31.6 Å². The van der Waals surface area contributed by atoms with Gasteiger partial charge >= 0.3 is 0 Å². The van der Waals surface area contributed by atoms with E-state index >= 15 is 0 Å². The number of allylic oxidation sites excluding steroid dienone is 2. The average molecular weight is 356 g/mol. The zero-order chi connectivity index (χ0) is 18.9. The van der Waals surface area contributed by atoms with Crippen LogP contribution in [0.15, 0.2) is 36.4 Å². The number of Topliss-reactive ketones (excluding diaryl/α,β-unsaturated/α-hetero) is 1. The van der Waals surface area contributed by atoms with Crippen LogP contribution in [-0.4, -0.2) is 16.0 Å². The summed E-state index contributed by atoms with van der Waals surface area (Å²) in [5, 5.41) is 7.34. The Morgan fingerprint density at radius 2 is 2.04 bits per heavy atom. The largest absolute Gasteiger partial charge is 0.300 e. The molecule has 1 heterocycles. The molecule has 0 saturated carbocycles. The molecule has 0 radical (unpaired) electrons. The SMILES string of the molecule is C/C=C(\C)c1cc(CCCC(=O)CC(CCC)c2ccc(F)cc2)[nH]n1. The monoisotopic (exact) mass is 356 g/mol. The first kappa shape index (κ1) is 20.1. The second-order valence-electron chi connectivity index (χ2n) is 6.88. The topological polar surface area (TPSA) is 45.8 Å². The molecule has 1 aromatic carbocycles. The standard InChI is InChI=1S/C22H29FN2O/c1-4-7-18(17-10-12-19(23)13-11-17)14-21(26)9-6-8-20-15-22(25-24-20)16(3)5-2/h5,10-13,15,18H,4,6-9,14H2,1-3H3,(H,24,25)/b16-5+. The van der Waals surface area contributed by atoms with Crippen molar-refractivity contribution in [2.75, 3.05) is 0 Å². The number of hydrogen-bond donors (Lipinski definition) is 1. The van der Waals surface area contributed by atoms with Gasteiger partial charge in [0.25, 0.3) is 0 Å². The summed E-state index contributed by atoms with van der Waals surface area (Å²) in [6.07, 6.45) is 6.74. The summed E-state index contributed by atoms with van der Waals surface area (Å²) >= 11 is 0. The third-order valence-electron chi connectivity index (χ3n) is 4.82. The molecule has 0 spiro atoms. The van der Waals surface area contributed by atoms with Gasteiger partial charge in [0, 0.05) is 18.5 Å². The molecule has 0 aliphatic heterocycles. The van der Waals surface area contributed by atoms with E-state index in [0.29, 0.717) is 12.8 Å². The smallest absolute Gasteiger partial charge is 0.133 e. The molecular weight excluding hydrogens is 327 g/mol. The van der Waals surface area contributed by atoms with E-state index < -0.39 is 0 Å². The minimum Gasteiger partial charge on any atom is -0.300 e. The Morgan fingerprint density at radius 3 is 2.69 bits per heavy atom. The fourth-order valence-electron chi connectivity index (χ4n) is 3.16. The molecule has 1 atom stereocenters. The summed E-state index contributed by atoms with van der Waals surface area (Å²) in [7, 11) is 0. The number of hydrogen-bond acceptors (Lipinski definition) is 2. The molecule has 0 amide bonds. The van der Waals surface area contributed by atoms with Crippen LogP contribution in [0.1, 0.15) is 75.7 Å². The Hall–Kier alpha value is -2.23. The molecule has 2 aromatic rings. The first-order valence-corrected chi connectivity index (χ1v) is 9.48. The Bertz CT molecular complexity index is 731. The second kappa shape index (κ2) is 10.0. The number of aromatic nitrogens is 2. The van der Waals surface area contributed by atoms with E-state index in [9.17, 15) is 9.18 Å². The lowest BCUT2D eigenvalue weighted by molar-refractivity contribution is -0.119. The first-order chi connectivity index (χ1) is 12.5. The minimum absolute atomic E-state index is 0.184. The van der Waals surface area contributed by atoms with Crippen molar-refractivity contribution >= 4 is 11.4 Å². The maximum atomic E-state index is 13.1. The number of halogens is 1. The first-order valence-electron chi connectivity index (χ1n) is 9.48. The number of H-pyrrole nitrogens is 1. The van der Waals surface area contributed by atoms with Gasteiger partial charge in [0.15, 0.2) is 0 Å². The molecule has 0 bridgehead atoms. The lowest BCUT2D eigenvalue weighted by Crippen LogP contribution is -2.08. The van der Waals surface area contributed by atoms with Crippen molar-refractivity contribution < 1.29 is 9.18 Å². The van der Waals surface area contributed by atoms with E-state index in [1.807, 2.05) is 19.9 Å². The van der Waals surface area contributed by atoms with Gasteiger partial charge in [-0.3, -0.25) is 9.89 Å². The number of aromatic amines is 1. The summed E-state index contributed by atoms with van der Waals surface area (Å²) in [5.41, 5.74) is 4.23. The third-order valence-corrected chi connectivity index (χ3v) is 4.82. The number of rotatable bonds is 10. The van der Waals surface area contributed by atoms with Crippen LogP contribution >= 0.6 is 0 Å². The summed E-state index contributed by atoms with van der Waals surface area (Å²) in [5.74, 6) is 0.226. The maximum Gasteiger partial charge on any atom is 0.133 e. The molecule has 0 saturated heterocycles. The molecule has 0 aliphatic rings. The van der Waals surface area contributed by atoms with Crippen LogP contribution in [0.4, 0.5) is 4.39 Å². The van der Waals surface area contributed by atoms with Gasteiger partial charge in [0.05, 0.1) is 5.69 Å². The third kappa shape index (κ3) is 5.94. The molecule has 0 fully saturated rings. The zero-order valence-corrected chi connectivity index (χ0v) is 16.0. The highest BCUT2D eigenvalue weighted by atomic mass is 19.1. The summed E-state index contributed by atoms with van der Waals surface area (Å²) in [6, 6.07) is 8.62. The van der Waals surface area contributed by atoms with E-state index in [1.165, 1.54) is 12.1 Å². The predicted molar refractivity (Wildman–Crippen MR) is 105 cm³/mol. The molecule has 1 N–H and O–H groups in total. The number of nitrogens with zero attached hydrogens (tertiary/aromatic N) is 1. The summed E-state index contributed by atoms with van der Waals surface area (Å²) < 4.78 is 13.1. The highest BCUT2D eigenvalue weighted by molar-refractivity contribution is 5.79. The van der Waals surface area contributed by atoms with E-state index in [0.717, 1.165) is 48.2 Å². The Balaban J connectivity index is 1.84. The van der Waals surface area contributed by atoms with Gasteiger partial charge in [0.1, 0.15) is 11.6 Å². The van der Waals surface area contributed by atoms with Crippen LogP contribution in [0.2, 0.25) is 0 Å². The molecule has 3 nitrogen and oxygen atoms in total. The van der Waals surface area contributed by atoms with Gasteiger partial charge in [-0.25, -0.2) is 4.39 Å². The number of carbonyl (C=O) groups is 1. The second-order valence-corrected chi connectivity index (χ2v) is 6.88. The Kier molecular flexibility index (Phi) is 7.76. The van der Waals surface area contributed by atoms with Crippen LogP contribution in [-0.2, 0) is 11.2 Å². The lowest BCUT2D eigenvalue weighted by Gasteiger charge is -2.16. The van der Waals surface area contributed by atoms with Crippen LogP contribution in [0.25, 0.3) is 5.57 Å². The molecule has 1 unspecified atom stereocenters. The van der Waals surface area contributed by atoms with E-state index in [4.69, 9.17) is 0 Å². The number of benzene rings is 1. The lowest BCUT2D eigenvalue weighted by atomic mass is 9.88. The van der Waals surface area contributed by atoms with Crippen molar-refractivity contribution in [1.29, 1.82) is 0 Å². The fourth-order valence-corrected chi connectivity index (χ4v) is 3.16. The van der Waals surface area contributed by atoms with E-state index in [1.54, 1.807) is 12.1 Å². The normalized spacial score (nSPS) is 13.0. The van der Waals surface area contributed by atoms with Gasteiger partial charge in [-0.15, -0.1) is 0 Å². The Labute approximate surface area is 155 Å². The highest BCUT2D eigenvalue weighted by Gasteiger charge is 2.15. The van der Waals surface area contributed by atoms with Crippen LogP contribution in [0.3, 0.4) is 0 Å². The molecule has 26 heavy (non-hydrogen) atoms. The van der Waals surface area contributed by atoms with Crippen molar-refractivity contribution in [2.45, 2.75) is 65.2 Å². The average Bonchev–Trinajstić information content (AvgIpc) is 3.10. The number of aryl methyl sites for hydroxylation is 1. The van der Waals surface area contributed by atoms with Crippen molar-refractivity contribution in [3.63, 3.8) is 0 Å². The highest BCUT2D eigenvalue weighted by Crippen LogP contribution is 2.26. The molecule has 4 heteroatoms. The fraction of sp³-hybridized carbons (Fsp3) is 0.455. The molecule has 140 valence electrons. The minimum atomic E-state index is -0.234. The number of carbonyl (C=O) groups excluding carboxylic acids is 1. The summed E-state index contributed by atoms with van der Waals surface area (Å²) in [4.78, 5) is 12.4. The van der Waals surface area contributed by atoms with Crippen molar-refractivity contribution in [3.8, 4) is 0 Å². The molecular formula is C22H29FN2O. The van der Waals surface area contributed by atoms with E-state index in [2.05, 4.69) is 23.2 Å². The quantitative estimate of drug-likeness (QED) is 0.581. The predicted octanol–water partition coefficient (Wildman–Crippen LogP) is 5.84. The van der Waals surface area contributed by atoms with Gasteiger partial charge in [0.2, 0.25) is 0 Å². The van der Waals surface area contributed by atoms with Crippen molar-refractivity contribution in [2.24, 2.45) is 0 Å². The van der Waals surface area contributed by atoms with Crippen LogP contribution < -0.4 is 0 Å². The summed E-state index contributed by atoms with van der Waals surface area (Å²) in [6.45, 7) is 6.15. The van der Waals surface area contributed by atoms with Gasteiger partial charge in [-0.2, -0.15) is 5.10 Å². The van der Waals surface area contributed by atoms with Crippen molar-refractivity contribution in [3.05, 3.63) is 59.2 Å². The van der Waals surface area contributed by atoms with E-state index in [-0.39, 0.29) is 17.5 Å². The maximum absolute atomic E-state index is 13.1. The number of nitrogens with one attached hydrogen (secondary N) is 1. The van der Waals surface area contributed by atoms with Crippen LogP contribution in [0.5, 0.6) is 0 Å². The molecule has 0 aliphatic carbocycles. The zero-order valence-electron chi connectivity index (χ0n) is 16.0. The molecule has 2 rings (SSSR count).